The number of aromatic nitrogens is 1. The van der Waals surface area contributed by atoms with Gasteiger partial charge in [-0.25, -0.2) is 4.98 Å². The highest BCUT2D eigenvalue weighted by atomic mass is 32.1. The van der Waals surface area contributed by atoms with Gasteiger partial charge in [0.25, 0.3) is 0 Å². The van der Waals surface area contributed by atoms with Crippen LogP contribution in [0.1, 0.15) is 12.5 Å². The summed E-state index contributed by atoms with van der Waals surface area (Å²) < 4.78 is 5.83. The number of aryl methyl sites for hydroxylation is 1. The van der Waals surface area contributed by atoms with Gasteiger partial charge >= 0.3 is 0 Å². The molecule has 116 valence electrons. The summed E-state index contributed by atoms with van der Waals surface area (Å²) in [6.07, 6.45) is 0.209. The minimum atomic E-state index is 0.209. The van der Waals surface area contributed by atoms with Gasteiger partial charge in [0.1, 0.15) is 16.9 Å². The quantitative estimate of drug-likeness (QED) is 0.722. The highest BCUT2D eigenvalue weighted by molar-refractivity contribution is 7.13. The predicted molar refractivity (Wildman–Crippen MR) is 96.3 cm³/mol. The van der Waals surface area contributed by atoms with Crippen molar-refractivity contribution in [1.29, 1.82) is 0 Å². The highest BCUT2D eigenvalue weighted by Crippen LogP contribution is 2.35. The molecule has 0 radical (unpaired) electrons. The molecule has 1 aliphatic rings. The zero-order valence-corrected chi connectivity index (χ0v) is 14.0. The Balaban J connectivity index is 1.65. The lowest BCUT2D eigenvalue weighted by atomic mass is 10.1. The Kier molecular flexibility index (Phi) is 3.54. The normalized spacial score (nSPS) is 16.3. The summed E-state index contributed by atoms with van der Waals surface area (Å²) >= 11 is 1.68. The summed E-state index contributed by atoms with van der Waals surface area (Å²) in [7, 11) is 0. The lowest BCUT2D eigenvalue weighted by Gasteiger charge is -2.25. The number of benzene rings is 2. The molecule has 4 heteroatoms. The van der Waals surface area contributed by atoms with Gasteiger partial charge in [0, 0.05) is 16.5 Å². The van der Waals surface area contributed by atoms with Crippen LogP contribution in [-0.2, 0) is 0 Å². The monoisotopic (exact) mass is 322 g/mol. The van der Waals surface area contributed by atoms with Crippen LogP contribution < -0.4 is 10.1 Å². The van der Waals surface area contributed by atoms with Crippen molar-refractivity contribution in [3.8, 4) is 27.6 Å². The van der Waals surface area contributed by atoms with Crippen LogP contribution >= 0.6 is 11.3 Å². The van der Waals surface area contributed by atoms with Gasteiger partial charge in [0.15, 0.2) is 0 Å². The average Bonchev–Trinajstić information content (AvgIpc) is 3.05. The van der Waals surface area contributed by atoms with Crippen LogP contribution in [-0.4, -0.2) is 17.6 Å². The largest absolute Gasteiger partial charge is 0.487 e. The van der Waals surface area contributed by atoms with Crippen molar-refractivity contribution in [1.82, 2.24) is 4.98 Å². The Labute approximate surface area is 140 Å². The van der Waals surface area contributed by atoms with Crippen LogP contribution in [0.2, 0.25) is 0 Å². The molecule has 0 saturated heterocycles. The van der Waals surface area contributed by atoms with Crippen molar-refractivity contribution in [3.05, 3.63) is 53.4 Å². The summed E-state index contributed by atoms with van der Waals surface area (Å²) in [5, 5.41) is 6.58. The molecule has 3 nitrogen and oxygen atoms in total. The lowest BCUT2D eigenvalue weighted by molar-refractivity contribution is 0.226. The Morgan fingerprint density at radius 3 is 2.74 bits per heavy atom. The number of hydrogen-bond acceptors (Lipinski definition) is 4. The third kappa shape index (κ3) is 2.82. The van der Waals surface area contributed by atoms with E-state index < -0.39 is 0 Å². The van der Waals surface area contributed by atoms with Crippen molar-refractivity contribution < 1.29 is 4.74 Å². The zero-order valence-electron chi connectivity index (χ0n) is 13.2. The summed E-state index contributed by atoms with van der Waals surface area (Å²) in [6.45, 7) is 5.00. The second-order valence-electron chi connectivity index (χ2n) is 5.92. The molecule has 3 aromatic rings. The first kappa shape index (κ1) is 14.3. The van der Waals surface area contributed by atoms with Gasteiger partial charge in [-0.2, -0.15) is 0 Å². The van der Waals surface area contributed by atoms with E-state index in [-0.39, 0.29) is 6.10 Å². The molecule has 1 atom stereocenters. The fraction of sp³-hybridized carbons (Fsp3) is 0.211. The van der Waals surface area contributed by atoms with E-state index >= 15 is 0 Å². The second kappa shape index (κ2) is 5.70. The average molecular weight is 322 g/mol. The van der Waals surface area contributed by atoms with E-state index in [0.717, 1.165) is 34.2 Å². The highest BCUT2D eigenvalue weighted by Gasteiger charge is 2.16. The van der Waals surface area contributed by atoms with Gasteiger partial charge in [-0.15, -0.1) is 11.3 Å². The topological polar surface area (TPSA) is 34.2 Å². The Morgan fingerprint density at radius 2 is 1.91 bits per heavy atom. The molecule has 0 aliphatic carbocycles. The maximum atomic E-state index is 5.83. The van der Waals surface area contributed by atoms with E-state index in [9.17, 15) is 0 Å². The lowest BCUT2D eigenvalue weighted by Crippen LogP contribution is -2.27. The van der Waals surface area contributed by atoms with Crippen molar-refractivity contribution >= 4 is 17.0 Å². The number of hydrogen-bond donors (Lipinski definition) is 1. The molecule has 0 saturated carbocycles. The third-order valence-corrected chi connectivity index (χ3v) is 4.88. The van der Waals surface area contributed by atoms with Crippen LogP contribution in [0.25, 0.3) is 21.8 Å². The fourth-order valence-electron chi connectivity index (χ4n) is 2.68. The van der Waals surface area contributed by atoms with Gasteiger partial charge in [-0.3, -0.25) is 0 Å². The minimum Gasteiger partial charge on any atom is -0.487 e. The first-order valence-corrected chi connectivity index (χ1v) is 8.64. The molecule has 0 fully saturated rings. The molecule has 2 aromatic carbocycles. The molecule has 4 rings (SSSR count). The van der Waals surface area contributed by atoms with Gasteiger partial charge in [0.2, 0.25) is 0 Å². The van der Waals surface area contributed by atoms with Gasteiger partial charge in [-0.05, 0) is 32.0 Å². The van der Waals surface area contributed by atoms with Crippen LogP contribution in [0.4, 0.5) is 5.69 Å². The molecular formula is C19H18N2OS. The maximum Gasteiger partial charge on any atom is 0.142 e. The molecule has 1 N–H and O–H groups in total. The summed E-state index contributed by atoms with van der Waals surface area (Å²) in [4.78, 5) is 4.79. The van der Waals surface area contributed by atoms with Crippen molar-refractivity contribution in [2.75, 3.05) is 11.9 Å². The molecule has 1 aliphatic heterocycles. The summed E-state index contributed by atoms with van der Waals surface area (Å²) in [6, 6.07) is 14.7. The second-order valence-corrected chi connectivity index (χ2v) is 6.78. The summed E-state index contributed by atoms with van der Waals surface area (Å²) in [5.74, 6) is 0.918. The van der Waals surface area contributed by atoms with Crippen LogP contribution in [0, 0.1) is 6.92 Å². The number of nitrogens with zero attached hydrogens (tertiary/aromatic N) is 1. The first-order chi connectivity index (χ1) is 11.2. The molecule has 0 spiro atoms. The van der Waals surface area contributed by atoms with E-state index in [1.165, 1.54) is 11.1 Å². The third-order valence-electron chi connectivity index (χ3n) is 3.99. The first-order valence-electron chi connectivity index (χ1n) is 7.76. The number of ether oxygens (including phenoxy) is 1. The molecule has 1 unspecified atom stereocenters. The van der Waals surface area contributed by atoms with Gasteiger partial charge in [-0.1, -0.05) is 29.8 Å². The van der Waals surface area contributed by atoms with Crippen molar-refractivity contribution in [2.45, 2.75) is 20.0 Å². The van der Waals surface area contributed by atoms with E-state index in [2.05, 4.69) is 60.9 Å². The molecule has 0 bridgehead atoms. The number of rotatable bonds is 2. The van der Waals surface area contributed by atoms with E-state index in [0.29, 0.717) is 0 Å². The van der Waals surface area contributed by atoms with E-state index in [4.69, 9.17) is 9.72 Å². The Hall–Kier alpha value is -2.33. The summed E-state index contributed by atoms with van der Waals surface area (Å²) in [5.41, 5.74) is 5.60. The fourth-order valence-corrected chi connectivity index (χ4v) is 3.51. The van der Waals surface area contributed by atoms with Crippen LogP contribution in [0.5, 0.6) is 5.75 Å². The number of fused-ring (bicyclic) bond motifs is 1. The SMILES string of the molecule is Cc1ccc(-c2nc(-c3ccc4c(c3)NCC(C)O4)cs2)cc1. The minimum absolute atomic E-state index is 0.209. The molecular weight excluding hydrogens is 304 g/mol. The molecule has 2 heterocycles. The van der Waals surface area contributed by atoms with Crippen LogP contribution in [0.15, 0.2) is 47.8 Å². The molecule has 1 aromatic heterocycles. The van der Waals surface area contributed by atoms with E-state index in [1.54, 1.807) is 11.3 Å². The zero-order chi connectivity index (χ0) is 15.8. The number of nitrogens with one attached hydrogen (secondary N) is 1. The van der Waals surface area contributed by atoms with Gasteiger partial charge in [0.05, 0.1) is 17.9 Å². The smallest absolute Gasteiger partial charge is 0.142 e. The van der Waals surface area contributed by atoms with Crippen molar-refractivity contribution in [3.63, 3.8) is 0 Å². The molecule has 23 heavy (non-hydrogen) atoms. The van der Waals surface area contributed by atoms with Gasteiger partial charge < -0.3 is 10.1 Å². The van der Waals surface area contributed by atoms with E-state index in [1.807, 2.05) is 6.07 Å². The Morgan fingerprint density at radius 1 is 1.13 bits per heavy atom. The number of thiazole rings is 1. The maximum absolute atomic E-state index is 5.83. The number of anilines is 1. The Bertz CT molecular complexity index is 839. The molecule has 0 amide bonds. The van der Waals surface area contributed by atoms with Crippen molar-refractivity contribution in [2.24, 2.45) is 0 Å². The standard InChI is InChI=1S/C19H18N2OS/c1-12-3-5-14(6-4-12)19-21-17(11-23-19)15-7-8-18-16(9-15)20-10-13(2)22-18/h3-9,11,13,20H,10H2,1-2H3. The predicted octanol–water partition coefficient (Wildman–Crippen LogP) is 4.98. The van der Waals surface area contributed by atoms with Crippen LogP contribution in [0.3, 0.4) is 0 Å².